The van der Waals surface area contributed by atoms with Gasteiger partial charge in [-0.05, 0) is 19.8 Å². The fraction of sp³-hybridized carbons (Fsp3) is 0.778. The second kappa shape index (κ2) is 10.2. The van der Waals surface area contributed by atoms with E-state index in [1.807, 2.05) is 18.7 Å². The second-order valence-electron chi connectivity index (χ2n) is 7.61. The van der Waals surface area contributed by atoms with E-state index >= 15 is 0 Å². The maximum absolute atomic E-state index is 12.5. The first kappa shape index (κ1) is 24.1. The topological polar surface area (TPSA) is 109 Å². The van der Waals surface area contributed by atoms with Crippen LogP contribution >= 0.6 is 0 Å². The van der Waals surface area contributed by atoms with E-state index in [9.17, 15) is 18.0 Å². The number of nitrogens with zero attached hydrogens (tertiary/aromatic N) is 4. The standard InChI is InChI=1S/C16H26N4O3.C2HF3O2/c1-11(2)15-18-17-14(23-15)10-19-6-7-20(12(3)9-19)16(21)13-5-4-8-22-13;3-2(4,5)1(6)7/h11-13H,4-10H2,1-3H3;(H,6,7)/t12-,13+;/m1./s1. The predicted octanol–water partition coefficient (Wildman–Crippen LogP) is 2.04. The minimum atomic E-state index is -5.08. The monoisotopic (exact) mass is 436 g/mol. The molecule has 1 aromatic rings. The van der Waals surface area contributed by atoms with E-state index in [4.69, 9.17) is 19.1 Å². The minimum absolute atomic E-state index is 0.148. The van der Waals surface area contributed by atoms with E-state index in [0.29, 0.717) is 24.9 Å². The van der Waals surface area contributed by atoms with Gasteiger partial charge < -0.3 is 19.2 Å². The minimum Gasteiger partial charge on any atom is -0.475 e. The molecule has 0 aliphatic carbocycles. The van der Waals surface area contributed by atoms with Gasteiger partial charge in [-0.2, -0.15) is 13.2 Å². The molecule has 0 radical (unpaired) electrons. The van der Waals surface area contributed by atoms with Gasteiger partial charge in [0.1, 0.15) is 6.10 Å². The van der Waals surface area contributed by atoms with E-state index in [0.717, 1.165) is 32.5 Å². The second-order valence-corrected chi connectivity index (χ2v) is 7.61. The molecule has 2 aliphatic heterocycles. The lowest BCUT2D eigenvalue weighted by Crippen LogP contribution is -2.55. The Hall–Kier alpha value is -2.21. The van der Waals surface area contributed by atoms with Crippen LogP contribution in [0.15, 0.2) is 4.42 Å². The SMILES string of the molecule is CC(C)c1nnc(CN2CCN(C(=O)[C@@H]3CCCO3)[C@H](C)C2)o1.O=C(O)C(F)(F)F. The van der Waals surface area contributed by atoms with Crippen molar-refractivity contribution < 1.29 is 37.0 Å². The van der Waals surface area contributed by atoms with Crippen molar-refractivity contribution in [1.29, 1.82) is 0 Å². The van der Waals surface area contributed by atoms with Gasteiger partial charge in [-0.3, -0.25) is 9.69 Å². The molecule has 9 nitrogen and oxygen atoms in total. The quantitative estimate of drug-likeness (QED) is 0.764. The molecule has 1 N–H and O–H groups in total. The van der Waals surface area contributed by atoms with Crippen LogP contribution in [0, 0.1) is 0 Å². The number of ether oxygens (including phenoxy) is 1. The fourth-order valence-corrected chi connectivity index (χ4v) is 3.22. The van der Waals surface area contributed by atoms with E-state index in [1.165, 1.54) is 0 Å². The van der Waals surface area contributed by atoms with E-state index in [2.05, 4.69) is 22.0 Å². The van der Waals surface area contributed by atoms with Crippen molar-refractivity contribution in [2.24, 2.45) is 0 Å². The van der Waals surface area contributed by atoms with Crippen molar-refractivity contribution in [2.75, 3.05) is 26.2 Å². The first-order valence-corrected chi connectivity index (χ1v) is 9.75. The number of carboxylic acid groups (broad SMARTS) is 1. The maximum Gasteiger partial charge on any atom is 0.490 e. The molecular formula is C18H27F3N4O5. The summed E-state index contributed by atoms with van der Waals surface area (Å²) in [5.41, 5.74) is 0. The van der Waals surface area contributed by atoms with Gasteiger partial charge in [0.15, 0.2) is 0 Å². The number of piperazine rings is 1. The van der Waals surface area contributed by atoms with Crippen LogP contribution < -0.4 is 0 Å². The van der Waals surface area contributed by atoms with Crippen LogP contribution in [-0.2, 0) is 20.9 Å². The molecule has 0 unspecified atom stereocenters. The van der Waals surface area contributed by atoms with Crippen LogP contribution in [0.2, 0.25) is 0 Å². The summed E-state index contributed by atoms with van der Waals surface area (Å²) in [7, 11) is 0. The average Bonchev–Trinajstić information content (AvgIpc) is 3.33. The number of aromatic nitrogens is 2. The lowest BCUT2D eigenvalue weighted by Gasteiger charge is -2.40. The number of rotatable bonds is 4. The number of carbonyl (C=O) groups is 2. The van der Waals surface area contributed by atoms with Crippen molar-refractivity contribution >= 4 is 11.9 Å². The summed E-state index contributed by atoms with van der Waals surface area (Å²) in [5.74, 6) is -1.03. The Morgan fingerprint density at radius 3 is 2.40 bits per heavy atom. The smallest absolute Gasteiger partial charge is 0.475 e. The number of carboxylic acids is 1. The Morgan fingerprint density at radius 1 is 1.27 bits per heavy atom. The molecule has 30 heavy (non-hydrogen) atoms. The largest absolute Gasteiger partial charge is 0.490 e. The third-order valence-electron chi connectivity index (χ3n) is 4.78. The first-order valence-electron chi connectivity index (χ1n) is 9.75. The molecule has 0 spiro atoms. The Balaban J connectivity index is 0.000000396. The van der Waals surface area contributed by atoms with Gasteiger partial charge in [-0.25, -0.2) is 4.79 Å². The van der Waals surface area contributed by atoms with E-state index < -0.39 is 12.1 Å². The molecule has 12 heteroatoms. The summed E-state index contributed by atoms with van der Waals surface area (Å²) < 4.78 is 42.9. The number of carbonyl (C=O) groups excluding carboxylic acids is 1. The zero-order chi connectivity index (χ0) is 22.5. The van der Waals surface area contributed by atoms with Crippen molar-refractivity contribution in [3.05, 3.63) is 11.8 Å². The highest BCUT2D eigenvalue weighted by Crippen LogP contribution is 2.20. The van der Waals surface area contributed by atoms with Gasteiger partial charge in [0.25, 0.3) is 5.91 Å². The zero-order valence-corrected chi connectivity index (χ0v) is 17.2. The molecule has 0 aromatic carbocycles. The fourth-order valence-electron chi connectivity index (χ4n) is 3.22. The molecular weight excluding hydrogens is 409 g/mol. The third kappa shape index (κ3) is 6.66. The molecule has 1 aromatic heterocycles. The number of amides is 1. The summed E-state index contributed by atoms with van der Waals surface area (Å²) in [5, 5.41) is 15.3. The normalized spacial score (nSPS) is 22.7. The molecule has 3 rings (SSSR count). The van der Waals surface area contributed by atoms with Crippen LogP contribution in [0.3, 0.4) is 0 Å². The van der Waals surface area contributed by atoms with Crippen LogP contribution in [0.1, 0.15) is 51.3 Å². The van der Waals surface area contributed by atoms with Crippen LogP contribution in [0.5, 0.6) is 0 Å². The van der Waals surface area contributed by atoms with E-state index in [1.54, 1.807) is 0 Å². The molecule has 170 valence electrons. The van der Waals surface area contributed by atoms with Crippen molar-refractivity contribution in [3.63, 3.8) is 0 Å². The van der Waals surface area contributed by atoms with Crippen LogP contribution in [-0.4, -0.2) is 81.5 Å². The van der Waals surface area contributed by atoms with Gasteiger partial charge in [0.2, 0.25) is 11.8 Å². The Labute approximate surface area is 172 Å². The van der Waals surface area contributed by atoms with Gasteiger partial charge in [-0.1, -0.05) is 13.8 Å². The molecule has 2 fully saturated rings. The molecule has 3 heterocycles. The van der Waals surface area contributed by atoms with Crippen LogP contribution in [0.25, 0.3) is 0 Å². The highest BCUT2D eigenvalue weighted by atomic mass is 19.4. The number of halogens is 3. The zero-order valence-electron chi connectivity index (χ0n) is 17.2. The van der Waals surface area contributed by atoms with Gasteiger partial charge in [-0.15, -0.1) is 10.2 Å². The third-order valence-corrected chi connectivity index (χ3v) is 4.78. The van der Waals surface area contributed by atoms with E-state index in [-0.39, 0.29) is 24.0 Å². The lowest BCUT2D eigenvalue weighted by molar-refractivity contribution is -0.192. The highest BCUT2D eigenvalue weighted by Gasteiger charge is 2.38. The number of hydrogen-bond donors (Lipinski definition) is 1. The van der Waals surface area contributed by atoms with Crippen molar-refractivity contribution in [1.82, 2.24) is 20.0 Å². The van der Waals surface area contributed by atoms with Gasteiger partial charge in [0.05, 0.1) is 6.54 Å². The summed E-state index contributed by atoms with van der Waals surface area (Å²) in [6.45, 7) is 9.88. The number of hydrogen-bond acceptors (Lipinski definition) is 7. The highest BCUT2D eigenvalue weighted by molar-refractivity contribution is 5.81. The lowest BCUT2D eigenvalue weighted by atomic mass is 10.1. The molecule has 2 saturated heterocycles. The van der Waals surface area contributed by atoms with Crippen LogP contribution in [0.4, 0.5) is 13.2 Å². The summed E-state index contributed by atoms with van der Waals surface area (Å²) >= 11 is 0. The molecule has 2 aliphatic rings. The average molecular weight is 436 g/mol. The Bertz CT molecular complexity index is 719. The Morgan fingerprint density at radius 2 is 1.93 bits per heavy atom. The Kier molecular flexibility index (Phi) is 8.18. The molecule has 0 bridgehead atoms. The number of alkyl halides is 3. The predicted molar refractivity (Wildman–Crippen MR) is 97.5 cm³/mol. The van der Waals surface area contributed by atoms with Gasteiger partial charge >= 0.3 is 12.1 Å². The summed E-state index contributed by atoms with van der Waals surface area (Å²) in [4.78, 5) is 25.6. The molecule has 2 atom stereocenters. The summed E-state index contributed by atoms with van der Waals surface area (Å²) in [6, 6.07) is 0.174. The molecule has 1 amide bonds. The van der Waals surface area contributed by atoms with Gasteiger partial charge in [0, 0.05) is 38.2 Å². The maximum atomic E-state index is 12.5. The number of aliphatic carboxylic acids is 1. The van der Waals surface area contributed by atoms with Crippen molar-refractivity contribution in [3.8, 4) is 0 Å². The van der Waals surface area contributed by atoms with Crippen molar-refractivity contribution in [2.45, 2.75) is 64.4 Å². The summed E-state index contributed by atoms with van der Waals surface area (Å²) in [6.07, 6.45) is -3.47. The molecule has 0 saturated carbocycles. The first-order chi connectivity index (χ1) is 14.0.